The van der Waals surface area contributed by atoms with Crippen LogP contribution in [0.5, 0.6) is 0 Å². The number of β-amino-alcohol motifs (C(OH)–C–C–N with tert-alkyl or cyclic N) is 1. The van der Waals surface area contributed by atoms with Crippen LogP contribution < -0.4 is 0 Å². The summed E-state index contributed by atoms with van der Waals surface area (Å²) in [6, 6.07) is 7.07. The van der Waals surface area contributed by atoms with Crippen molar-refractivity contribution >= 4 is 17.5 Å². The maximum Gasteiger partial charge on any atom is 0.255 e. The van der Waals surface area contributed by atoms with E-state index in [4.69, 9.17) is 11.6 Å². The summed E-state index contributed by atoms with van der Waals surface area (Å²) < 4.78 is 0. The molecule has 0 aliphatic carbocycles. The Morgan fingerprint density at radius 2 is 2.16 bits per heavy atom. The van der Waals surface area contributed by atoms with Gasteiger partial charge in [-0.15, -0.1) is 0 Å². The molecule has 0 radical (unpaired) electrons. The molecule has 4 nitrogen and oxygen atoms in total. The molecule has 1 saturated heterocycles. The quantitative estimate of drug-likeness (QED) is 0.913. The first-order valence-electron chi connectivity index (χ1n) is 6.37. The van der Waals surface area contributed by atoms with E-state index in [1.165, 1.54) is 0 Å². The van der Waals surface area contributed by atoms with Gasteiger partial charge < -0.3 is 14.9 Å². The largest absolute Gasteiger partial charge is 0.391 e. The molecule has 0 bridgehead atoms. The highest BCUT2D eigenvalue weighted by atomic mass is 35.5. The maximum absolute atomic E-state index is 12.5. The maximum atomic E-state index is 12.5. The molecule has 0 saturated carbocycles. The molecule has 0 aromatic heterocycles. The van der Waals surface area contributed by atoms with Gasteiger partial charge in [-0.25, -0.2) is 0 Å². The number of likely N-dealkylation sites (N-methyl/N-ethyl adjacent to an activating group) is 1. The number of halogens is 1. The summed E-state index contributed by atoms with van der Waals surface area (Å²) >= 11 is 6.07. The van der Waals surface area contributed by atoms with Crippen molar-refractivity contribution in [3.8, 4) is 0 Å². The monoisotopic (exact) mass is 282 g/mol. The molecule has 1 heterocycles. The van der Waals surface area contributed by atoms with Crippen LogP contribution in [0.4, 0.5) is 0 Å². The van der Waals surface area contributed by atoms with Gasteiger partial charge in [0, 0.05) is 19.1 Å². The summed E-state index contributed by atoms with van der Waals surface area (Å²) in [6.45, 7) is 1.12. The Labute approximate surface area is 118 Å². The van der Waals surface area contributed by atoms with Crippen molar-refractivity contribution in [1.82, 2.24) is 9.80 Å². The highest BCUT2D eigenvalue weighted by molar-refractivity contribution is 6.33. The highest BCUT2D eigenvalue weighted by Crippen LogP contribution is 2.24. The number of carbonyl (C=O) groups is 1. The Morgan fingerprint density at radius 3 is 2.79 bits per heavy atom. The molecule has 1 amide bonds. The molecule has 5 heteroatoms. The van der Waals surface area contributed by atoms with E-state index in [1.54, 1.807) is 29.2 Å². The van der Waals surface area contributed by atoms with Gasteiger partial charge in [0.25, 0.3) is 5.91 Å². The molecule has 2 atom stereocenters. The topological polar surface area (TPSA) is 43.8 Å². The Kier molecular flexibility index (Phi) is 4.45. The molecule has 1 fully saturated rings. The molecular formula is C14H19ClN2O2. The number of likely N-dealkylation sites (tertiary alicyclic amines) is 1. The first-order valence-corrected chi connectivity index (χ1v) is 6.75. The third-order valence-corrected chi connectivity index (χ3v) is 3.66. The molecule has 104 valence electrons. The number of rotatable bonds is 3. The van der Waals surface area contributed by atoms with Crippen molar-refractivity contribution in [2.24, 2.45) is 0 Å². The van der Waals surface area contributed by atoms with Crippen LogP contribution in [0.3, 0.4) is 0 Å². The first kappa shape index (κ1) is 14.3. The fraction of sp³-hybridized carbons (Fsp3) is 0.500. The SMILES string of the molecule is CN(C)CC1CC(O)CN1C(=O)c1ccccc1Cl. The van der Waals surface area contributed by atoms with Crippen molar-refractivity contribution in [1.29, 1.82) is 0 Å². The molecule has 1 aliphatic heterocycles. The van der Waals surface area contributed by atoms with E-state index >= 15 is 0 Å². The van der Waals surface area contributed by atoms with Gasteiger partial charge in [0.2, 0.25) is 0 Å². The number of carbonyl (C=O) groups excluding carboxylic acids is 1. The van der Waals surface area contributed by atoms with Crippen molar-refractivity contribution in [3.63, 3.8) is 0 Å². The van der Waals surface area contributed by atoms with Gasteiger partial charge in [0.05, 0.1) is 16.7 Å². The zero-order valence-electron chi connectivity index (χ0n) is 11.2. The zero-order valence-corrected chi connectivity index (χ0v) is 12.0. The van der Waals surface area contributed by atoms with E-state index < -0.39 is 6.10 Å². The normalized spacial score (nSPS) is 23.1. The second kappa shape index (κ2) is 5.90. The van der Waals surface area contributed by atoms with E-state index in [0.29, 0.717) is 23.6 Å². The third kappa shape index (κ3) is 3.26. The van der Waals surface area contributed by atoms with Crippen molar-refractivity contribution in [2.45, 2.75) is 18.6 Å². The zero-order chi connectivity index (χ0) is 14.0. The Bertz CT molecular complexity index is 465. The van der Waals surface area contributed by atoms with Crippen LogP contribution in [-0.4, -0.2) is 60.1 Å². The predicted octanol–water partition coefficient (Wildman–Crippen LogP) is 1.48. The van der Waals surface area contributed by atoms with Gasteiger partial charge in [-0.1, -0.05) is 23.7 Å². The first-order chi connectivity index (χ1) is 8.99. The fourth-order valence-electron chi connectivity index (χ4n) is 2.52. The minimum atomic E-state index is -0.448. The molecule has 1 N–H and O–H groups in total. The number of aliphatic hydroxyl groups is 1. The van der Waals surface area contributed by atoms with Crippen LogP contribution >= 0.6 is 11.6 Å². The van der Waals surface area contributed by atoms with E-state index in [2.05, 4.69) is 0 Å². The van der Waals surface area contributed by atoms with E-state index in [9.17, 15) is 9.90 Å². The van der Waals surface area contributed by atoms with E-state index in [0.717, 1.165) is 6.54 Å². The van der Waals surface area contributed by atoms with E-state index in [1.807, 2.05) is 19.0 Å². The number of amides is 1. The number of hydrogen-bond acceptors (Lipinski definition) is 3. The van der Waals surface area contributed by atoms with Gasteiger partial charge in [-0.3, -0.25) is 4.79 Å². The predicted molar refractivity (Wildman–Crippen MR) is 75.5 cm³/mol. The van der Waals surface area contributed by atoms with Crippen LogP contribution in [0.15, 0.2) is 24.3 Å². The van der Waals surface area contributed by atoms with Crippen LogP contribution in [0.2, 0.25) is 5.02 Å². The summed E-state index contributed by atoms with van der Waals surface area (Å²) in [5.74, 6) is -0.103. The second-order valence-corrected chi connectivity index (χ2v) is 5.65. The minimum Gasteiger partial charge on any atom is -0.391 e. The minimum absolute atomic E-state index is 0.0359. The molecular weight excluding hydrogens is 264 g/mol. The van der Waals surface area contributed by atoms with Crippen molar-refractivity contribution < 1.29 is 9.90 Å². The molecule has 2 unspecified atom stereocenters. The average Bonchev–Trinajstić information content (AvgIpc) is 2.69. The average molecular weight is 283 g/mol. The second-order valence-electron chi connectivity index (χ2n) is 5.24. The smallest absolute Gasteiger partial charge is 0.255 e. The standard InChI is InChI=1S/C14H19ClN2O2/c1-16(2)8-10-7-11(18)9-17(10)14(19)12-5-3-4-6-13(12)15/h3-6,10-11,18H,7-9H2,1-2H3. The van der Waals surface area contributed by atoms with Crippen molar-refractivity contribution in [2.75, 3.05) is 27.2 Å². The lowest BCUT2D eigenvalue weighted by Crippen LogP contribution is -2.41. The lowest BCUT2D eigenvalue weighted by molar-refractivity contribution is 0.0699. The van der Waals surface area contributed by atoms with Crippen molar-refractivity contribution in [3.05, 3.63) is 34.9 Å². The van der Waals surface area contributed by atoms with Crippen LogP contribution in [0.25, 0.3) is 0 Å². The Balaban J connectivity index is 2.19. The third-order valence-electron chi connectivity index (χ3n) is 3.33. The Hall–Kier alpha value is -1.10. The van der Waals surface area contributed by atoms with Gasteiger partial charge >= 0.3 is 0 Å². The Morgan fingerprint density at radius 1 is 1.47 bits per heavy atom. The summed E-state index contributed by atoms with van der Waals surface area (Å²) in [6.07, 6.45) is 0.172. The molecule has 2 rings (SSSR count). The van der Waals surface area contributed by atoms with Crippen LogP contribution in [0.1, 0.15) is 16.8 Å². The van der Waals surface area contributed by atoms with Gasteiger partial charge in [0.15, 0.2) is 0 Å². The molecule has 0 spiro atoms. The summed E-state index contributed by atoms with van der Waals surface area (Å²) in [5, 5.41) is 10.3. The van der Waals surface area contributed by atoms with Gasteiger partial charge in [-0.05, 0) is 32.6 Å². The highest BCUT2D eigenvalue weighted by Gasteiger charge is 2.35. The lowest BCUT2D eigenvalue weighted by atomic mass is 10.1. The summed E-state index contributed by atoms with van der Waals surface area (Å²) in [5.41, 5.74) is 0.502. The number of aliphatic hydroxyl groups excluding tert-OH is 1. The van der Waals surface area contributed by atoms with E-state index in [-0.39, 0.29) is 11.9 Å². The molecule has 1 aromatic rings. The van der Waals surface area contributed by atoms with Gasteiger partial charge in [0.1, 0.15) is 0 Å². The lowest BCUT2D eigenvalue weighted by Gasteiger charge is -2.27. The molecule has 1 aliphatic rings. The van der Waals surface area contributed by atoms with Crippen LogP contribution in [0, 0.1) is 0 Å². The van der Waals surface area contributed by atoms with Crippen LogP contribution in [-0.2, 0) is 0 Å². The number of benzene rings is 1. The summed E-state index contributed by atoms with van der Waals surface area (Å²) in [4.78, 5) is 16.3. The number of nitrogens with zero attached hydrogens (tertiary/aromatic N) is 2. The number of hydrogen-bond donors (Lipinski definition) is 1. The fourth-order valence-corrected chi connectivity index (χ4v) is 2.74. The summed E-state index contributed by atoms with van der Waals surface area (Å²) in [7, 11) is 3.92. The molecule has 1 aromatic carbocycles. The molecule has 19 heavy (non-hydrogen) atoms. The van der Waals surface area contributed by atoms with Gasteiger partial charge in [-0.2, -0.15) is 0 Å².